The van der Waals surface area contributed by atoms with Gasteiger partial charge in [0.15, 0.2) is 0 Å². The molecule has 0 radical (unpaired) electrons. The van der Waals surface area contributed by atoms with E-state index in [2.05, 4.69) is 27.8 Å². The highest BCUT2D eigenvalue weighted by Crippen LogP contribution is 2.48. The Labute approximate surface area is 228 Å². The molecule has 4 aliphatic rings. The van der Waals surface area contributed by atoms with Crippen LogP contribution in [-0.2, 0) is 9.59 Å². The number of hydrogen-bond donors (Lipinski definition) is 4. The average Bonchev–Trinajstić information content (AvgIpc) is 3.24. The van der Waals surface area contributed by atoms with E-state index >= 15 is 0 Å². The first-order valence-electron chi connectivity index (χ1n) is 13.5. The van der Waals surface area contributed by atoms with Crippen LogP contribution in [0.15, 0.2) is 41.5 Å². The van der Waals surface area contributed by atoms with E-state index in [0.717, 1.165) is 54.9 Å². The first-order valence-corrected chi connectivity index (χ1v) is 14.4. The van der Waals surface area contributed by atoms with Crippen LogP contribution in [-0.4, -0.2) is 54.0 Å². The smallest absolute Gasteiger partial charge is 0.326 e. The Hall–Kier alpha value is -2.98. The molecule has 10 heteroatoms. The minimum Gasteiger partial charge on any atom is -0.491 e. The Morgan fingerprint density at radius 3 is 2.68 bits per heavy atom. The Bertz CT molecular complexity index is 1170. The quantitative estimate of drug-likeness (QED) is 0.396. The third kappa shape index (κ3) is 5.29. The van der Waals surface area contributed by atoms with Crippen LogP contribution in [0.5, 0.6) is 5.75 Å². The SMILES string of the molecule is C=CC(=O)N[C@@H]1CCC[C@H](NC(=O)C2=C3NC(=O)N(c4ccc(OC(C)C)cc4C)C4CCNC(S2)C34)C1. The summed E-state index contributed by atoms with van der Waals surface area (Å²) < 4.78 is 5.84. The molecule has 3 aliphatic heterocycles. The zero-order chi connectivity index (χ0) is 27.0. The summed E-state index contributed by atoms with van der Waals surface area (Å²) in [6, 6.07) is 5.58. The molecule has 1 saturated carbocycles. The Balaban J connectivity index is 1.34. The molecule has 4 N–H and O–H groups in total. The number of amides is 4. The average molecular weight is 540 g/mol. The van der Waals surface area contributed by atoms with Gasteiger partial charge in [0, 0.05) is 29.4 Å². The van der Waals surface area contributed by atoms with E-state index < -0.39 is 0 Å². The molecule has 204 valence electrons. The van der Waals surface area contributed by atoms with Crippen molar-refractivity contribution in [1.29, 1.82) is 0 Å². The van der Waals surface area contributed by atoms with E-state index in [9.17, 15) is 14.4 Å². The second-order valence-corrected chi connectivity index (χ2v) is 11.9. The van der Waals surface area contributed by atoms with Crippen molar-refractivity contribution in [1.82, 2.24) is 21.3 Å². The Morgan fingerprint density at radius 1 is 1.21 bits per heavy atom. The van der Waals surface area contributed by atoms with E-state index in [1.54, 1.807) is 0 Å². The van der Waals surface area contributed by atoms with Gasteiger partial charge in [0.05, 0.1) is 22.4 Å². The molecule has 3 heterocycles. The topological polar surface area (TPSA) is 112 Å². The number of hydrogen-bond acceptors (Lipinski definition) is 6. The second kappa shape index (κ2) is 11.0. The number of piperidine rings is 1. The van der Waals surface area contributed by atoms with Gasteiger partial charge in [-0.3, -0.25) is 14.5 Å². The van der Waals surface area contributed by atoms with E-state index in [-0.39, 0.29) is 53.4 Å². The Morgan fingerprint density at radius 2 is 1.97 bits per heavy atom. The standard InChI is InChI=1S/C28H37N5O4S/c1-5-22(34)30-17-7-6-8-18(14-17)31-26(35)25-24-23-21(11-12-29-27(23)38-25)33(28(36)32-24)20-10-9-19(13-16(20)4)37-15(2)3/h5,9-10,13,15,17-18,21,23,27,29H,1,6-8,11-12,14H2,2-4H3,(H,30,34)(H,31,35)(H,32,36)/t17-,18+,21?,23?,27?/m1/s1. The van der Waals surface area contributed by atoms with Crippen molar-refractivity contribution < 1.29 is 19.1 Å². The maximum Gasteiger partial charge on any atom is 0.326 e. The largest absolute Gasteiger partial charge is 0.491 e. The summed E-state index contributed by atoms with van der Waals surface area (Å²) in [5.74, 6) is 0.433. The molecule has 0 aromatic heterocycles. The van der Waals surface area contributed by atoms with Crippen LogP contribution >= 0.6 is 11.8 Å². The highest BCUT2D eigenvalue weighted by molar-refractivity contribution is 8.04. The van der Waals surface area contributed by atoms with Gasteiger partial charge < -0.3 is 26.0 Å². The second-order valence-electron chi connectivity index (χ2n) is 10.8. The molecule has 1 aromatic rings. The minimum absolute atomic E-state index is 0.0100. The fourth-order valence-corrected chi connectivity index (χ4v) is 7.51. The number of benzene rings is 1. The van der Waals surface area contributed by atoms with Crippen molar-refractivity contribution in [3.05, 3.63) is 47.0 Å². The van der Waals surface area contributed by atoms with Gasteiger partial charge in [0.25, 0.3) is 5.91 Å². The fourth-order valence-electron chi connectivity index (χ4n) is 6.11. The molecule has 9 nitrogen and oxygen atoms in total. The maximum atomic E-state index is 13.5. The third-order valence-electron chi connectivity index (χ3n) is 7.69. The summed E-state index contributed by atoms with van der Waals surface area (Å²) in [6.45, 7) is 10.3. The predicted molar refractivity (Wildman–Crippen MR) is 149 cm³/mol. The predicted octanol–water partition coefficient (Wildman–Crippen LogP) is 3.30. The number of urea groups is 1. The molecule has 2 saturated heterocycles. The summed E-state index contributed by atoms with van der Waals surface area (Å²) in [5.41, 5.74) is 2.56. The van der Waals surface area contributed by atoms with Crippen molar-refractivity contribution in [2.24, 2.45) is 5.92 Å². The van der Waals surface area contributed by atoms with E-state index in [1.165, 1.54) is 17.8 Å². The van der Waals surface area contributed by atoms with Gasteiger partial charge in [-0.15, -0.1) is 0 Å². The van der Waals surface area contributed by atoms with Gasteiger partial charge in [-0.2, -0.15) is 0 Å². The molecule has 3 unspecified atom stereocenters. The van der Waals surface area contributed by atoms with Crippen LogP contribution in [0.4, 0.5) is 10.5 Å². The monoisotopic (exact) mass is 539 g/mol. The summed E-state index contributed by atoms with van der Waals surface area (Å²) in [7, 11) is 0. The summed E-state index contributed by atoms with van der Waals surface area (Å²) >= 11 is 1.51. The molecule has 4 amide bonds. The first kappa shape index (κ1) is 26.6. The van der Waals surface area contributed by atoms with Crippen molar-refractivity contribution in [2.45, 2.75) is 82.5 Å². The lowest BCUT2D eigenvalue weighted by atomic mass is 9.86. The summed E-state index contributed by atoms with van der Waals surface area (Å²) in [5, 5.41) is 12.8. The molecule has 5 rings (SSSR count). The van der Waals surface area contributed by atoms with Crippen LogP contribution in [0.2, 0.25) is 0 Å². The van der Waals surface area contributed by atoms with Gasteiger partial charge >= 0.3 is 6.03 Å². The van der Waals surface area contributed by atoms with Gasteiger partial charge in [-0.25, -0.2) is 4.79 Å². The first-order chi connectivity index (χ1) is 18.2. The van der Waals surface area contributed by atoms with Gasteiger partial charge in [-0.05, 0) is 89.3 Å². The fraction of sp³-hybridized carbons (Fsp3) is 0.536. The van der Waals surface area contributed by atoms with Crippen LogP contribution in [0, 0.1) is 12.8 Å². The lowest BCUT2D eigenvalue weighted by Crippen LogP contribution is -2.62. The highest BCUT2D eigenvalue weighted by Gasteiger charge is 2.52. The zero-order valence-electron chi connectivity index (χ0n) is 22.2. The van der Waals surface area contributed by atoms with Gasteiger partial charge in [-0.1, -0.05) is 18.3 Å². The Kier molecular flexibility index (Phi) is 7.72. The molecule has 3 fully saturated rings. The third-order valence-corrected chi connectivity index (χ3v) is 9.04. The van der Waals surface area contributed by atoms with Gasteiger partial charge in [0.1, 0.15) is 5.75 Å². The summed E-state index contributed by atoms with van der Waals surface area (Å²) in [6.07, 6.45) is 5.50. The number of ether oxygens (including phenoxy) is 1. The van der Waals surface area contributed by atoms with Crippen LogP contribution < -0.4 is 30.9 Å². The number of nitrogens with zero attached hydrogens (tertiary/aromatic N) is 1. The van der Waals surface area contributed by atoms with Gasteiger partial charge in [0.2, 0.25) is 5.91 Å². The van der Waals surface area contributed by atoms with Crippen LogP contribution in [0.1, 0.15) is 51.5 Å². The molecule has 0 bridgehead atoms. The van der Waals surface area contributed by atoms with E-state index in [1.807, 2.05) is 43.9 Å². The normalized spacial score (nSPS) is 28.5. The molecule has 1 aliphatic carbocycles. The van der Waals surface area contributed by atoms with Crippen LogP contribution in [0.3, 0.4) is 0 Å². The maximum absolute atomic E-state index is 13.5. The van der Waals surface area contributed by atoms with Crippen molar-refractivity contribution in [3.8, 4) is 5.75 Å². The molecular formula is C28H37N5O4S. The van der Waals surface area contributed by atoms with Crippen molar-refractivity contribution in [2.75, 3.05) is 11.4 Å². The molecule has 1 aromatic carbocycles. The number of nitrogens with one attached hydrogen (secondary N) is 4. The van der Waals surface area contributed by atoms with Crippen LogP contribution in [0.25, 0.3) is 0 Å². The molecule has 0 spiro atoms. The minimum atomic E-state index is -0.208. The number of rotatable bonds is 7. The number of aryl methyl sites for hydroxylation is 1. The van der Waals surface area contributed by atoms with E-state index in [4.69, 9.17) is 4.74 Å². The van der Waals surface area contributed by atoms with Crippen molar-refractivity contribution in [3.63, 3.8) is 0 Å². The molecule has 5 atom stereocenters. The van der Waals surface area contributed by atoms with E-state index in [0.29, 0.717) is 11.3 Å². The molecular weight excluding hydrogens is 502 g/mol. The zero-order valence-corrected chi connectivity index (χ0v) is 23.0. The van der Waals surface area contributed by atoms with Crippen molar-refractivity contribution >= 4 is 35.3 Å². The number of carbonyl (C=O) groups is 3. The highest BCUT2D eigenvalue weighted by atomic mass is 32.2. The molecule has 38 heavy (non-hydrogen) atoms. The summed E-state index contributed by atoms with van der Waals surface area (Å²) in [4.78, 5) is 41.2. The lowest BCUT2D eigenvalue weighted by Gasteiger charge is -2.46. The number of carbonyl (C=O) groups excluding carboxylic acids is 3. The number of anilines is 1. The lowest BCUT2D eigenvalue weighted by molar-refractivity contribution is -0.117. The number of thioether (sulfide) groups is 1.